The number of carboxylic acids is 1. The number of nitrogens with one attached hydrogen (secondary N) is 2. The molecule has 0 aromatic heterocycles. The van der Waals surface area contributed by atoms with Crippen molar-refractivity contribution >= 4 is 29.3 Å². The molecule has 3 N–H and O–H groups in total. The second-order valence-electron chi connectivity index (χ2n) is 4.68. The highest BCUT2D eigenvalue weighted by Gasteiger charge is 2.21. The van der Waals surface area contributed by atoms with Crippen molar-refractivity contribution in [1.82, 2.24) is 5.32 Å². The fourth-order valence-corrected chi connectivity index (χ4v) is 2.14. The number of anilines is 1. The van der Waals surface area contributed by atoms with Crippen LogP contribution < -0.4 is 10.6 Å². The molecule has 25 heavy (non-hydrogen) atoms. The van der Waals surface area contributed by atoms with Gasteiger partial charge in [-0.1, -0.05) is 0 Å². The first kappa shape index (κ1) is 20.4. The molecule has 0 bridgehead atoms. The molecule has 10 heteroatoms. The van der Waals surface area contributed by atoms with E-state index in [1.165, 1.54) is 17.8 Å². The Hall–Kier alpha value is -2.67. The van der Waals surface area contributed by atoms with Crippen LogP contribution in [-0.4, -0.2) is 35.0 Å². The average Bonchev–Trinajstić information content (AvgIpc) is 2.58. The number of nitrogens with zero attached hydrogens (tertiary/aromatic N) is 1. The Kier molecular flexibility index (Phi) is 7.81. The van der Waals surface area contributed by atoms with Gasteiger partial charge >= 0.3 is 5.97 Å². The standard InChI is InChI=1S/C15H14F3N3O3S/c1-25-5-4-11(15(23)24)21-14(22)8(6-19)7-20-10-3-2-9(16)12(17)13(10)18/h2-3,7,11,20H,4-5H2,1H3,(H,21,22)(H,23,24)/b8-7-. The molecule has 0 spiro atoms. The quantitative estimate of drug-likeness (QED) is 0.367. The summed E-state index contributed by atoms with van der Waals surface area (Å²) in [5.74, 6) is -6.39. The number of hydrogen-bond acceptors (Lipinski definition) is 5. The molecule has 0 aliphatic carbocycles. The van der Waals surface area contributed by atoms with Gasteiger partial charge in [-0.25, -0.2) is 18.0 Å². The van der Waals surface area contributed by atoms with E-state index in [1.54, 1.807) is 6.26 Å². The zero-order valence-electron chi connectivity index (χ0n) is 13.0. The first-order chi connectivity index (χ1) is 11.8. The van der Waals surface area contributed by atoms with E-state index in [4.69, 9.17) is 10.4 Å². The van der Waals surface area contributed by atoms with Crippen molar-refractivity contribution in [1.29, 1.82) is 5.26 Å². The van der Waals surface area contributed by atoms with Gasteiger partial charge in [0.1, 0.15) is 17.7 Å². The molecule has 1 unspecified atom stereocenters. The third-order valence-electron chi connectivity index (χ3n) is 2.99. The van der Waals surface area contributed by atoms with E-state index in [9.17, 15) is 22.8 Å². The van der Waals surface area contributed by atoms with Crippen molar-refractivity contribution in [3.05, 3.63) is 41.4 Å². The smallest absolute Gasteiger partial charge is 0.326 e. The summed E-state index contributed by atoms with van der Waals surface area (Å²) in [4.78, 5) is 23.0. The number of hydrogen-bond donors (Lipinski definition) is 3. The molecule has 1 aromatic carbocycles. The lowest BCUT2D eigenvalue weighted by Gasteiger charge is -2.13. The summed E-state index contributed by atoms with van der Waals surface area (Å²) < 4.78 is 39.5. The van der Waals surface area contributed by atoms with Crippen LogP contribution in [0.15, 0.2) is 23.9 Å². The summed E-state index contributed by atoms with van der Waals surface area (Å²) in [6.45, 7) is 0. The number of carbonyl (C=O) groups is 2. The lowest BCUT2D eigenvalue weighted by molar-refractivity contribution is -0.141. The topological polar surface area (TPSA) is 102 Å². The number of rotatable bonds is 8. The second kappa shape index (κ2) is 9.58. The molecule has 0 radical (unpaired) electrons. The molecule has 0 aliphatic rings. The normalized spacial score (nSPS) is 12.2. The number of carboxylic acid groups (broad SMARTS) is 1. The Morgan fingerprint density at radius 3 is 2.60 bits per heavy atom. The molecule has 134 valence electrons. The van der Waals surface area contributed by atoms with E-state index in [-0.39, 0.29) is 6.42 Å². The van der Waals surface area contributed by atoms with Crippen LogP contribution in [0.1, 0.15) is 6.42 Å². The minimum absolute atomic E-state index is 0.145. The number of carbonyl (C=O) groups excluding carboxylic acids is 1. The molecule has 6 nitrogen and oxygen atoms in total. The van der Waals surface area contributed by atoms with Gasteiger partial charge in [-0.2, -0.15) is 17.0 Å². The Morgan fingerprint density at radius 2 is 2.04 bits per heavy atom. The third-order valence-corrected chi connectivity index (χ3v) is 3.63. The average molecular weight is 373 g/mol. The van der Waals surface area contributed by atoms with Crippen molar-refractivity contribution in [2.24, 2.45) is 0 Å². The first-order valence-corrected chi connectivity index (χ1v) is 8.24. The van der Waals surface area contributed by atoms with Gasteiger partial charge in [0.05, 0.1) is 5.69 Å². The monoisotopic (exact) mass is 373 g/mol. The van der Waals surface area contributed by atoms with E-state index < -0.39 is 46.6 Å². The Balaban J connectivity index is 2.88. The van der Waals surface area contributed by atoms with E-state index in [0.29, 0.717) is 11.8 Å². The summed E-state index contributed by atoms with van der Waals surface area (Å²) in [5.41, 5.74) is -1.05. The van der Waals surface area contributed by atoms with E-state index >= 15 is 0 Å². The summed E-state index contributed by atoms with van der Waals surface area (Å²) in [6, 6.07) is 1.87. The Labute approximate surface area is 145 Å². The molecule has 0 saturated heterocycles. The van der Waals surface area contributed by atoms with E-state index in [1.807, 2.05) is 0 Å². The Morgan fingerprint density at radius 1 is 1.36 bits per heavy atom. The molecule has 0 heterocycles. The van der Waals surface area contributed by atoms with Crippen molar-refractivity contribution in [2.45, 2.75) is 12.5 Å². The molecule has 0 fully saturated rings. The van der Waals surface area contributed by atoms with Gasteiger partial charge in [-0.05, 0) is 30.6 Å². The van der Waals surface area contributed by atoms with Crippen LogP contribution in [0, 0.1) is 28.8 Å². The van der Waals surface area contributed by atoms with Gasteiger partial charge < -0.3 is 15.7 Å². The van der Waals surface area contributed by atoms with Crippen molar-refractivity contribution < 1.29 is 27.9 Å². The molecule has 0 saturated carbocycles. The van der Waals surface area contributed by atoms with Crippen LogP contribution in [0.4, 0.5) is 18.9 Å². The summed E-state index contributed by atoms with van der Waals surface area (Å²) in [5, 5.41) is 22.4. The summed E-state index contributed by atoms with van der Waals surface area (Å²) in [7, 11) is 0. The summed E-state index contributed by atoms with van der Waals surface area (Å²) in [6.07, 6.45) is 2.69. The molecule has 1 rings (SSSR count). The van der Waals surface area contributed by atoms with Gasteiger partial charge in [0.2, 0.25) is 0 Å². The van der Waals surface area contributed by atoms with Crippen LogP contribution in [-0.2, 0) is 9.59 Å². The largest absolute Gasteiger partial charge is 0.480 e. The van der Waals surface area contributed by atoms with Gasteiger partial charge in [0, 0.05) is 6.20 Å². The van der Waals surface area contributed by atoms with Crippen LogP contribution in [0.5, 0.6) is 0 Å². The fraction of sp³-hybridized carbons (Fsp3) is 0.267. The van der Waals surface area contributed by atoms with Crippen molar-refractivity contribution in [3.63, 3.8) is 0 Å². The maximum Gasteiger partial charge on any atom is 0.326 e. The fourth-order valence-electron chi connectivity index (χ4n) is 1.66. The molecule has 1 aromatic rings. The van der Waals surface area contributed by atoms with Gasteiger partial charge in [0.15, 0.2) is 17.5 Å². The van der Waals surface area contributed by atoms with E-state index in [2.05, 4.69) is 10.6 Å². The number of halogens is 3. The summed E-state index contributed by atoms with van der Waals surface area (Å²) >= 11 is 1.39. The molecule has 1 atom stereocenters. The van der Waals surface area contributed by atoms with Crippen LogP contribution in [0.25, 0.3) is 0 Å². The number of aliphatic carboxylic acids is 1. The highest BCUT2D eigenvalue weighted by Crippen LogP contribution is 2.19. The third kappa shape index (κ3) is 5.72. The highest BCUT2D eigenvalue weighted by molar-refractivity contribution is 7.98. The predicted molar refractivity (Wildman–Crippen MR) is 86.2 cm³/mol. The van der Waals surface area contributed by atoms with Gasteiger partial charge in [-0.3, -0.25) is 4.79 Å². The minimum Gasteiger partial charge on any atom is -0.480 e. The lowest BCUT2D eigenvalue weighted by atomic mass is 10.2. The Bertz CT molecular complexity index is 735. The van der Waals surface area contributed by atoms with Crippen molar-refractivity contribution in [2.75, 3.05) is 17.3 Å². The highest BCUT2D eigenvalue weighted by atomic mass is 32.2. The zero-order chi connectivity index (χ0) is 19.0. The number of amides is 1. The predicted octanol–water partition coefficient (Wildman–Crippen LogP) is 2.25. The van der Waals surface area contributed by atoms with Crippen LogP contribution in [0.3, 0.4) is 0 Å². The maximum absolute atomic E-state index is 13.5. The number of thioether (sulfide) groups is 1. The first-order valence-electron chi connectivity index (χ1n) is 6.84. The number of benzene rings is 1. The SMILES string of the molecule is CSCCC(NC(=O)/C(C#N)=C\Nc1ccc(F)c(F)c1F)C(=O)O. The second-order valence-corrected chi connectivity index (χ2v) is 5.67. The zero-order valence-corrected chi connectivity index (χ0v) is 13.8. The molecular formula is C15H14F3N3O3S. The molecule has 0 aliphatic heterocycles. The van der Waals surface area contributed by atoms with Gasteiger partial charge in [-0.15, -0.1) is 0 Å². The van der Waals surface area contributed by atoms with Gasteiger partial charge in [0.25, 0.3) is 5.91 Å². The molecular weight excluding hydrogens is 359 g/mol. The minimum atomic E-state index is -1.70. The maximum atomic E-state index is 13.5. The van der Waals surface area contributed by atoms with E-state index in [0.717, 1.165) is 12.3 Å². The number of nitriles is 1. The van der Waals surface area contributed by atoms with Crippen molar-refractivity contribution in [3.8, 4) is 6.07 Å². The lowest BCUT2D eigenvalue weighted by Crippen LogP contribution is -2.41. The van der Waals surface area contributed by atoms with Crippen LogP contribution >= 0.6 is 11.8 Å². The van der Waals surface area contributed by atoms with Crippen LogP contribution in [0.2, 0.25) is 0 Å². The molecule has 1 amide bonds.